The average Bonchev–Trinajstić information content (AvgIpc) is 3.37. The lowest BCUT2D eigenvalue weighted by atomic mass is 10.1. The van der Waals surface area contributed by atoms with Crippen molar-refractivity contribution in [1.82, 2.24) is 10.9 Å². The number of hydrogen-bond acceptors (Lipinski definition) is 6. The molecule has 0 unspecified atom stereocenters. The number of carbonyl (C=O) groups excluding carboxylic acids is 2. The summed E-state index contributed by atoms with van der Waals surface area (Å²) in [4.78, 5) is 23.5. The van der Waals surface area contributed by atoms with Gasteiger partial charge in [0.15, 0.2) is 0 Å². The molecule has 2 heterocycles. The fourth-order valence-electron chi connectivity index (χ4n) is 2.23. The molecular formula is C19H24N4O4. The van der Waals surface area contributed by atoms with E-state index in [0.717, 1.165) is 6.42 Å². The van der Waals surface area contributed by atoms with Crippen LogP contribution in [0.5, 0.6) is 0 Å². The Morgan fingerprint density at radius 1 is 0.815 bits per heavy atom. The number of amides is 2. The van der Waals surface area contributed by atoms with Crippen LogP contribution in [0.25, 0.3) is 0 Å². The molecule has 2 amide bonds. The van der Waals surface area contributed by atoms with Gasteiger partial charge in [0, 0.05) is 12.8 Å². The number of furan rings is 2. The maximum atomic E-state index is 11.7. The Balaban J connectivity index is 1.56. The fourth-order valence-corrected chi connectivity index (χ4v) is 2.23. The second-order valence-corrected chi connectivity index (χ2v) is 5.98. The largest absolute Gasteiger partial charge is 0.463 e. The van der Waals surface area contributed by atoms with Gasteiger partial charge in [-0.3, -0.25) is 9.59 Å². The van der Waals surface area contributed by atoms with Crippen LogP contribution >= 0.6 is 0 Å². The van der Waals surface area contributed by atoms with Crippen molar-refractivity contribution in [2.75, 3.05) is 0 Å². The van der Waals surface area contributed by atoms with E-state index < -0.39 is 0 Å². The third-order valence-electron chi connectivity index (χ3n) is 3.76. The predicted octanol–water partition coefficient (Wildman–Crippen LogP) is 3.20. The van der Waals surface area contributed by atoms with Crippen LogP contribution in [0.2, 0.25) is 0 Å². The molecule has 2 aromatic rings. The van der Waals surface area contributed by atoms with Crippen molar-refractivity contribution in [3.05, 3.63) is 48.3 Å². The maximum Gasteiger partial charge on any atom is 0.240 e. The zero-order valence-electron chi connectivity index (χ0n) is 15.5. The Morgan fingerprint density at radius 2 is 1.26 bits per heavy atom. The monoisotopic (exact) mass is 372 g/mol. The Bertz CT molecular complexity index is 711. The zero-order chi connectivity index (χ0) is 19.5. The Hall–Kier alpha value is -3.16. The summed E-state index contributed by atoms with van der Waals surface area (Å²) in [5, 5.41) is 7.98. The molecule has 0 aliphatic heterocycles. The van der Waals surface area contributed by atoms with Gasteiger partial charge in [-0.1, -0.05) is 6.42 Å². The predicted molar refractivity (Wildman–Crippen MR) is 101 cm³/mol. The SMILES string of the molecule is CC(=NNC(=O)CCCCCC(=O)NN=C(C)c1ccco1)c1ccco1. The van der Waals surface area contributed by atoms with Crippen LogP contribution < -0.4 is 10.9 Å². The third kappa shape index (κ3) is 7.31. The van der Waals surface area contributed by atoms with E-state index in [4.69, 9.17) is 8.83 Å². The minimum atomic E-state index is -0.163. The molecule has 0 radical (unpaired) electrons. The quantitative estimate of drug-likeness (QED) is 0.379. The lowest BCUT2D eigenvalue weighted by Crippen LogP contribution is -2.19. The van der Waals surface area contributed by atoms with Gasteiger partial charge in [0.25, 0.3) is 0 Å². The van der Waals surface area contributed by atoms with Crippen molar-refractivity contribution >= 4 is 23.2 Å². The standard InChI is InChI=1S/C19H24N4O4/c1-14(16-8-6-12-26-16)20-22-18(24)10-4-3-5-11-19(25)23-21-15(2)17-9-7-13-27-17/h6-9,12-13H,3-5,10-11H2,1-2H3,(H,22,24)(H,23,25). The highest BCUT2D eigenvalue weighted by molar-refractivity contribution is 5.97. The van der Waals surface area contributed by atoms with Crippen LogP contribution in [-0.2, 0) is 9.59 Å². The van der Waals surface area contributed by atoms with Crippen molar-refractivity contribution < 1.29 is 18.4 Å². The number of rotatable bonds is 10. The van der Waals surface area contributed by atoms with Crippen molar-refractivity contribution in [3.8, 4) is 0 Å². The fraction of sp³-hybridized carbons (Fsp3) is 0.368. The summed E-state index contributed by atoms with van der Waals surface area (Å²) in [5.41, 5.74) is 6.21. The lowest BCUT2D eigenvalue weighted by molar-refractivity contribution is -0.121. The molecule has 0 aromatic carbocycles. The molecule has 0 fully saturated rings. The van der Waals surface area contributed by atoms with Crippen LogP contribution in [0.15, 0.2) is 55.8 Å². The molecule has 0 atom stereocenters. The summed E-state index contributed by atoms with van der Waals surface area (Å²) in [5.74, 6) is 0.908. The first-order chi connectivity index (χ1) is 13.1. The van der Waals surface area contributed by atoms with Gasteiger partial charge >= 0.3 is 0 Å². The zero-order valence-corrected chi connectivity index (χ0v) is 15.5. The first-order valence-corrected chi connectivity index (χ1v) is 8.80. The van der Waals surface area contributed by atoms with Gasteiger partial charge in [0.2, 0.25) is 11.8 Å². The first kappa shape index (κ1) is 20.2. The van der Waals surface area contributed by atoms with Gasteiger partial charge in [-0.05, 0) is 51.0 Å². The molecule has 0 spiro atoms. The summed E-state index contributed by atoms with van der Waals surface area (Å²) in [7, 11) is 0. The van der Waals surface area contributed by atoms with Crippen molar-refractivity contribution in [2.45, 2.75) is 46.0 Å². The number of unbranched alkanes of at least 4 members (excludes halogenated alkanes) is 2. The molecule has 2 rings (SSSR count). The number of nitrogens with zero attached hydrogens (tertiary/aromatic N) is 2. The van der Waals surface area contributed by atoms with E-state index in [2.05, 4.69) is 21.1 Å². The van der Waals surface area contributed by atoms with Gasteiger partial charge in [0.05, 0.1) is 12.5 Å². The number of carbonyl (C=O) groups is 2. The molecule has 8 heteroatoms. The normalized spacial score (nSPS) is 12.1. The van der Waals surface area contributed by atoms with E-state index in [1.807, 2.05) is 0 Å². The van der Waals surface area contributed by atoms with Crippen molar-refractivity contribution in [1.29, 1.82) is 0 Å². The smallest absolute Gasteiger partial charge is 0.240 e. The molecule has 2 aromatic heterocycles. The van der Waals surface area contributed by atoms with E-state index in [1.54, 1.807) is 50.6 Å². The molecule has 0 aliphatic rings. The van der Waals surface area contributed by atoms with E-state index >= 15 is 0 Å². The van der Waals surface area contributed by atoms with E-state index in [1.165, 1.54) is 0 Å². The average molecular weight is 372 g/mol. The highest BCUT2D eigenvalue weighted by atomic mass is 16.3. The van der Waals surface area contributed by atoms with Crippen LogP contribution in [0.1, 0.15) is 57.5 Å². The minimum Gasteiger partial charge on any atom is -0.463 e. The topological polar surface area (TPSA) is 109 Å². The van der Waals surface area contributed by atoms with Crippen LogP contribution in [0.3, 0.4) is 0 Å². The van der Waals surface area contributed by atoms with E-state index in [9.17, 15) is 9.59 Å². The van der Waals surface area contributed by atoms with Gasteiger partial charge in [0.1, 0.15) is 22.9 Å². The van der Waals surface area contributed by atoms with Crippen molar-refractivity contribution in [2.24, 2.45) is 10.2 Å². The van der Waals surface area contributed by atoms with Gasteiger partial charge < -0.3 is 8.83 Å². The third-order valence-corrected chi connectivity index (χ3v) is 3.76. The van der Waals surface area contributed by atoms with E-state index in [-0.39, 0.29) is 11.8 Å². The number of hydrazone groups is 2. The van der Waals surface area contributed by atoms with Gasteiger partial charge in [-0.2, -0.15) is 10.2 Å². The summed E-state index contributed by atoms with van der Waals surface area (Å²) in [6, 6.07) is 7.07. The van der Waals surface area contributed by atoms with E-state index in [0.29, 0.717) is 48.6 Å². The molecule has 2 N–H and O–H groups in total. The Labute approximate surface area is 157 Å². The first-order valence-electron chi connectivity index (χ1n) is 8.80. The lowest BCUT2D eigenvalue weighted by Gasteiger charge is -2.03. The molecule has 0 saturated carbocycles. The van der Waals surface area contributed by atoms with Gasteiger partial charge in [-0.15, -0.1) is 0 Å². The molecular weight excluding hydrogens is 348 g/mol. The summed E-state index contributed by atoms with van der Waals surface area (Å²) in [6.45, 7) is 3.52. The molecule has 8 nitrogen and oxygen atoms in total. The van der Waals surface area contributed by atoms with Gasteiger partial charge in [-0.25, -0.2) is 10.9 Å². The second-order valence-electron chi connectivity index (χ2n) is 5.98. The number of hydrogen-bond donors (Lipinski definition) is 2. The molecule has 144 valence electrons. The maximum absolute atomic E-state index is 11.7. The second kappa shape index (κ2) is 10.7. The van der Waals surface area contributed by atoms with Crippen LogP contribution in [0.4, 0.5) is 0 Å². The minimum absolute atomic E-state index is 0.163. The molecule has 0 aliphatic carbocycles. The molecule has 0 saturated heterocycles. The Morgan fingerprint density at radius 3 is 1.63 bits per heavy atom. The summed E-state index contributed by atoms with van der Waals surface area (Å²) < 4.78 is 10.4. The number of nitrogens with one attached hydrogen (secondary N) is 2. The highest BCUT2D eigenvalue weighted by Gasteiger charge is 2.05. The highest BCUT2D eigenvalue weighted by Crippen LogP contribution is 2.05. The summed E-state index contributed by atoms with van der Waals surface area (Å²) >= 11 is 0. The summed E-state index contributed by atoms with van der Waals surface area (Å²) in [6.07, 6.45) is 5.94. The van der Waals surface area contributed by atoms with Crippen molar-refractivity contribution in [3.63, 3.8) is 0 Å². The van der Waals surface area contributed by atoms with Crippen LogP contribution in [-0.4, -0.2) is 23.2 Å². The molecule has 0 bridgehead atoms. The Kier molecular flexibility index (Phi) is 8.02. The van der Waals surface area contributed by atoms with Crippen LogP contribution in [0, 0.1) is 0 Å². The molecule has 27 heavy (non-hydrogen) atoms.